The van der Waals surface area contributed by atoms with E-state index in [9.17, 15) is 5.11 Å². The van der Waals surface area contributed by atoms with Gasteiger partial charge in [-0.2, -0.15) is 0 Å². The van der Waals surface area contributed by atoms with Gasteiger partial charge in [0.1, 0.15) is 5.75 Å². The first-order valence-corrected chi connectivity index (χ1v) is 6.74. The predicted molar refractivity (Wildman–Crippen MR) is 82.0 cm³/mol. The number of benzene rings is 2. The molecular formula is C17H21NO2. The molecule has 0 spiro atoms. The van der Waals surface area contributed by atoms with Crippen LogP contribution in [0.25, 0.3) is 0 Å². The fraction of sp³-hybridized carbons (Fsp3) is 0.294. The Hall–Kier alpha value is -2.00. The van der Waals surface area contributed by atoms with Gasteiger partial charge in [-0.3, -0.25) is 0 Å². The molecule has 0 aromatic heterocycles. The zero-order valence-corrected chi connectivity index (χ0v) is 12.2. The van der Waals surface area contributed by atoms with Gasteiger partial charge in [0.05, 0.1) is 12.6 Å². The van der Waals surface area contributed by atoms with Gasteiger partial charge in [-0.1, -0.05) is 30.3 Å². The average Bonchev–Trinajstić information content (AvgIpc) is 2.41. The van der Waals surface area contributed by atoms with Crippen molar-refractivity contribution in [3.63, 3.8) is 0 Å². The van der Waals surface area contributed by atoms with Crippen LogP contribution in [-0.4, -0.2) is 12.2 Å². The molecule has 0 aliphatic rings. The van der Waals surface area contributed by atoms with E-state index in [1.807, 2.05) is 50.2 Å². The lowest BCUT2D eigenvalue weighted by Gasteiger charge is -2.19. The highest BCUT2D eigenvalue weighted by Crippen LogP contribution is 2.29. The van der Waals surface area contributed by atoms with Gasteiger partial charge in [0.25, 0.3) is 0 Å². The number of phenols is 1. The highest BCUT2D eigenvalue weighted by Gasteiger charge is 2.11. The Morgan fingerprint density at radius 3 is 2.65 bits per heavy atom. The fourth-order valence-electron chi connectivity index (χ4n) is 2.27. The van der Waals surface area contributed by atoms with Crippen LogP contribution in [0.15, 0.2) is 42.5 Å². The summed E-state index contributed by atoms with van der Waals surface area (Å²) in [5.74, 6) is 0.328. The Bertz CT molecular complexity index is 581. The summed E-state index contributed by atoms with van der Waals surface area (Å²) >= 11 is 0. The highest BCUT2D eigenvalue weighted by molar-refractivity contribution is 5.53. The van der Waals surface area contributed by atoms with Gasteiger partial charge in [-0.25, -0.2) is 0 Å². The summed E-state index contributed by atoms with van der Waals surface area (Å²) in [4.78, 5) is 0. The summed E-state index contributed by atoms with van der Waals surface area (Å²) in [7, 11) is 1.69. The van der Waals surface area contributed by atoms with Gasteiger partial charge >= 0.3 is 0 Å². The van der Waals surface area contributed by atoms with Crippen molar-refractivity contribution in [1.29, 1.82) is 0 Å². The SMILES string of the molecule is COCc1ccccc1NC(C)c1ccc(C)cc1O. The van der Waals surface area contributed by atoms with Crippen molar-refractivity contribution in [3.05, 3.63) is 59.2 Å². The molecule has 0 heterocycles. The van der Waals surface area contributed by atoms with Crippen LogP contribution >= 0.6 is 0 Å². The first-order valence-electron chi connectivity index (χ1n) is 6.74. The first kappa shape index (κ1) is 14.4. The minimum atomic E-state index is 0.0219. The van der Waals surface area contributed by atoms with E-state index in [1.165, 1.54) is 0 Å². The number of phenolic OH excluding ortho intramolecular Hbond substituents is 1. The number of methoxy groups -OCH3 is 1. The number of aryl methyl sites for hydroxylation is 1. The molecule has 0 amide bonds. The van der Waals surface area contributed by atoms with Gasteiger partial charge < -0.3 is 15.2 Å². The van der Waals surface area contributed by atoms with Crippen molar-refractivity contribution < 1.29 is 9.84 Å². The van der Waals surface area contributed by atoms with Crippen molar-refractivity contribution in [2.75, 3.05) is 12.4 Å². The number of aromatic hydroxyl groups is 1. The summed E-state index contributed by atoms with van der Waals surface area (Å²) in [6.45, 7) is 4.57. The monoisotopic (exact) mass is 271 g/mol. The van der Waals surface area contributed by atoms with Gasteiger partial charge in [-0.15, -0.1) is 0 Å². The zero-order valence-electron chi connectivity index (χ0n) is 12.2. The molecule has 2 N–H and O–H groups in total. The maximum atomic E-state index is 10.0. The van der Waals surface area contributed by atoms with E-state index in [2.05, 4.69) is 5.32 Å². The Kier molecular flexibility index (Phi) is 4.64. The Balaban J connectivity index is 2.21. The van der Waals surface area contributed by atoms with E-state index in [-0.39, 0.29) is 6.04 Å². The van der Waals surface area contributed by atoms with Crippen molar-refractivity contribution >= 4 is 5.69 Å². The molecule has 20 heavy (non-hydrogen) atoms. The molecule has 0 saturated heterocycles. The zero-order chi connectivity index (χ0) is 14.5. The molecule has 2 aromatic carbocycles. The summed E-state index contributed by atoms with van der Waals surface area (Å²) in [6.07, 6.45) is 0. The Morgan fingerprint density at radius 1 is 1.20 bits per heavy atom. The van der Waals surface area contributed by atoms with Crippen LogP contribution in [0, 0.1) is 6.92 Å². The smallest absolute Gasteiger partial charge is 0.121 e. The normalized spacial score (nSPS) is 12.2. The lowest BCUT2D eigenvalue weighted by atomic mass is 10.0. The van der Waals surface area contributed by atoms with E-state index < -0.39 is 0 Å². The second-order valence-electron chi connectivity index (χ2n) is 5.02. The van der Waals surface area contributed by atoms with E-state index >= 15 is 0 Å². The Morgan fingerprint density at radius 2 is 1.95 bits per heavy atom. The van der Waals surface area contributed by atoms with Crippen molar-refractivity contribution in [2.24, 2.45) is 0 Å². The molecule has 1 atom stereocenters. The molecule has 106 valence electrons. The van der Waals surface area contributed by atoms with E-state index in [0.717, 1.165) is 22.4 Å². The maximum absolute atomic E-state index is 10.0. The molecule has 0 aliphatic carbocycles. The largest absolute Gasteiger partial charge is 0.508 e. The summed E-state index contributed by atoms with van der Waals surface area (Å²) < 4.78 is 5.21. The van der Waals surface area contributed by atoms with Crippen LogP contribution in [0.5, 0.6) is 5.75 Å². The number of hydrogen-bond donors (Lipinski definition) is 2. The van der Waals surface area contributed by atoms with Crippen LogP contribution < -0.4 is 5.32 Å². The van der Waals surface area contributed by atoms with E-state index in [4.69, 9.17) is 4.74 Å². The summed E-state index contributed by atoms with van der Waals surface area (Å²) in [5, 5.41) is 13.5. The molecule has 3 heteroatoms. The molecule has 0 bridgehead atoms. The molecule has 2 aromatic rings. The second-order valence-corrected chi connectivity index (χ2v) is 5.02. The second kappa shape index (κ2) is 6.44. The minimum absolute atomic E-state index is 0.0219. The third-order valence-corrected chi connectivity index (χ3v) is 3.34. The lowest BCUT2D eigenvalue weighted by molar-refractivity contribution is 0.185. The molecule has 0 aliphatic heterocycles. The van der Waals surface area contributed by atoms with Gasteiger partial charge in [-0.05, 0) is 31.5 Å². The third kappa shape index (κ3) is 3.31. The number of hydrogen-bond acceptors (Lipinski definition) is 3. The Labute approximate surface area is 120 Å². The minimum Gasteiger partial charge on any atom is -0.508 e. The van der Waals surface area contributed by atoms with Gasteiger partial charge in [0.15, 0.2) is 0 Å². The van der Waals surface area contributed by atoms with Crippen LogP contribution in [0.2, 0.25) is 0 Å². The summed E-state index contributed by atoms with van der Waals surface area (Å²) in [5.41, 5.74) is 4.08. The number of nitrogens with one attached hydrogen (secondary N) is 1. The standard InChI is InChI=1S/C17H21NO2/c1-12-8-9-15(17(19)10-12)13(2)18-16-7-5-4-6-14(16)11-20-3/h4-10,13,18-19H,11H2,1-3H3. The number of anilines is 1. The van der Waals surface area contributed by atoms with E-state index in [0.29, 0.717) is 12.4 Å². The van der Waals surface area contributed by atoms with Crippen LogP contribution in [0.4, 0.5) is 5.69 Å². The topological polar surface area (TPSA) is 41.5 Å². The molecular weight excluding hydrogens is 250 g/mol. The quantitative estimate of drug-likeness (QED) is 0.863. The van der Waals surface area contributed by atoms with Gasteiger partial charge in [0, 0.05) is 23.9 Å². The molecule has 0 fully saturated rings. The molecule has 0 radical (unpaired) electrons. The number of ether oxygens (including phenoxy) is 1. The predicted octanol–water partition coefficient (Wildman–Crippen LogP) is 4.02. The van der Waals surface area contributed by atoms with Gasteiger partial charge in [0.2, 0.25) is 0 Å². The lowest BCUT2D eigenvalue weighted by Crippen LogP contribution is -2.09. The average molecular weight is 271 g/mol. The van der Waals surface area contributed by atoms with Crippen LogP contribution in [0.3, 0.4) is 0 Å². The van der Waals surface area contributed by atoms with Crippen molar-refractivity contribution in [2.45, 2.75) is 26.5 Å². The molecule has 3 nitrogen and oxygen atoms in total. The fourth-order valence-corrected chi connectivity index (χ4v) is 2.27. The molecule has 1 unspecified atom stereocenters. The highest BCUT2D eigenvalue weighted by atomic mass is 16.5. The maximum Gasteiger partial charge on any atom is 0.121 e. The first-order chi connectivity index (χ1) is 9.61. The molecule has 2 rings (SSSR count). The van der Waals surface area contributed by atoms with Crippen LogP contribution in [-0.2, 0) is 11.3 Å². The number of para-hydroxylation sites is 1. The third-order valence-electron chi connectivity index (χ3n) is 3.34. The summed E-state index contributed by atoms with van der Waals surface area (Å²) in [6, 6.07) is 13.8. The van der Waals surface area contributed by atoms with E-state index in [1.54, 1.807) is 13.2 Å². The number of rotatable bonds is 5. The van der Waals surface area contributed by atoms with Crippen molar-refractivity contribution in [3.8, 4) is 5.75 Å². The van der Waals surface area contributed by atoms with Crippen molar-refractivity contribution in [1.82, 2.24) is 0 Å². The van der Waals surface area contributed by atoms with Crippen LogP contribution in [0.1, 0.15) is 29.7 Å². The molecule has 0 saturated carbocycles.